The average Bonchev–Trinajstić information content (AvgIpc) is 2.93. The second kappa shape index (κ2) is 6.27. The van der Waals surface area contributed by atoms with Gasteiger partial charge in [0.1, 0.15) is 17.9 Å². The molecule has 0 unspecified atom stereocenters. The molecule has 0 fully saturated rings. The second-order valence-electron chi connectivity index (χ2n) is 5.26. The van der Waals surface area contributed by atoms with Crippen LogP contribution in [0.1, 0.15) is 28.3 Å². The van der Waals surface area contributed by atoms with Gasteiger partial charge in [0, 0.05) is 0 Å². The van der Waals surface area contributed by atoms with Gasteiger partial charge in [-0.1, -0.05) is 23.8 Å². The summed E-state index contributed by atoms with van der Waals surface area (Å²) < 4.78 is 32.4. The molecule has 1 aromatic heterocycles. The van der Waals surface area contributed by atoms with Crippen LogP contribution in [-0.4, -0.2) is 20.6 Å². The summed E-state index contributed by atoms with van der Waals surface area (Å²) in [5.74, 6) is -1.09. The Morgan fingerprint density at radius 3 is 2.79 bits per heavy atom. The molecule has 7 heteroatoms. The van der Waals surface area contributed by atoms with Crippen molar-refractivity contribution in [2.24, 2.45) is 0 Å². The molecule has 124 valence electrons. The lowest BCUT2D eigenvalue weighted by Gasteiger charge is -2.09. The van der Waals surface area contributed by atoms with Gasteiger partial charge in [0.05, 0.1) is 11.0 Å². The number of rotatable bonds is 4. The molecule has 0 aliphatic heterocycles. The monoisotopic (exact) mass is 332 g/mol. The van der Waals surface area contributed by atoms with E-state index >= 15 is 0 Å². The van der Waals surface area contributed by atoms with Gasteiger partial charge < -0.3 is 9.84 Å². The van der Waals surface area contributed by atoms with E-state index in [-0.39, 0.29) is 22.7 Å². The Labute approximate surface area is 136 Å². The van der Waals surface area contributed by atoms with Crippen molar-refractivity contribution in [2.45, 2.75) is 20.1 Å². The van der Waals surface area contributed by atoms with Crippen molar-refractivity contribution in [1.29, 1.82) is 0 Å². The number of carbonyl (C=O) groups excluding carboxylic acids is 1. The third-order valence-corrected chi connectivity index (χ3v) is 3.57. The van der Waals surface area contributed by atoms with Gasteiger partial charge in [0.25, 0.3) is 0 Å². The smallest absolute Gasteiger partial charge is 0.342 e. The molecule has 0 amide bonds. The zero-order valence-electron chi connectivity index (χ0n) is 12.7. The molecule has 0 bridgehead atoms. The number of aryl methyl sites for hydroxylation is 1. The minimum Gasteiger partial charge on any atom is -0.507 e. The zero-order valence-corrected chi connectivity index (χ0v) is 12.7. The van der Waals surface area contributed by atoms with Crippen LogP contribution < -0.4 is 0 Å². The van der Waals surface area contributed by atoms with Crippen molar-refractivity contribution in [2.75, 3.05) is 0 Å². The van der Waals surface area contributed by atoms with Gasteiger partial charge in [-0.25, -0.2) is 9.78 Å². The fraction of sp³-hybridized carbons (Fsp3) is 0.176. The number of phenols is 1. The minimum atomic E-state index is -2.81. The summed E-state index contributed by atoms with van der Waals surface area (Å²) in [4.78, 5) is 16.2. The van der Waals surface area contributed by atoms with Gasteiger partial charge in [-0.3, -0.25) is 4.57 Å². The highest BCUT2D eigenvalue weighted by atomic mass is 19.3. The molecule has 5 nitrogen and oxygen atoms in total. The number of alkyl halides is 2. The molecule has 2 aromatic carbocycles. The standard InChI is InChI=1S/C17H14F2N2O3/c1-10-6-7-14(22)11(8-10)16(23)24-9-15-20-12-4-2-3-5-13(12)21(15)17(18)19/h2-8,17,22H,9H2,1H3. The molecule has 1 heterocycles. The van der Waals surface area contributed by atoms with Crippen molar-refractivity contribution >= 4 is 17.0 Å². The minimum absolute atomic E-state index is 0.0188. The second-order valence-corrected chi connectivity index (χ2v) is 5.26. The summed E-state index contributed by atoms with van der Waals surface area (Å²) >= 11 is 0. The van der Waals surface area contributed by atoms with E-state index in [1.807, 2.05) is 0 Å². The maximum absolute atomic E-state index is 13.3. The van der Waals surface area contributed by atoms with E-state index in [9.17, 15) is 18.7 Å². The number of benzene rings is 2. The predicted molar refractivity (Wildman–Crippen MR) is 82.9 cm³/mol. The van der Waals surface area contributed by atoms with Gasteiger partial charge >= 0.3 is 12.5 Å². The molecular formula is C17H14F2N2O3. The highest BCUT2D eigenvalue weighted by Gasteiger charge is 2.20. The Hall–Kier alpha value is -2.96. The maximum atomic E-state index is 13.3. The number of para-hydroxylation sites is 2. The number of aromatic hydroxyl groups is 1. The van der Waals surface area contributed by atoms with E-state index in [0.717, 1.165) is 10.1 Å². The van der Waals surface area contributed by atoms with E-state index in [2.05, 4.69) is 4.98 Å². The molecule has 0 atom stereocenters. The van der Waals surface area contributed by atoms with E-state index in [0.29, 0.717) is 5.52 Å². The number of hydrogen-bond acceptors (Lipinski definition) is 4. The first-order valence-corrected chi connectivity index (χ1v) is 7.18. The molecule has 0 aliphatic carbocycles. The molecule has 0 spiro atoms. The summed E-state index contributed by atoms with van der Waals surface area (Å²) in [6, 6.07) is 10.9. The van der Waals surface area contributed by atoms with Crippen molar-refractivity contribution in [1.82, 2.24) is 9.55 Å². The molecule has 0 saturated heterocycles. The summed E-state index contributed by atoms with van der Waals surface area (Å²) in [6.45, 7) is -1.48. The lowest BCUT2D eigenvalue weighted by molar-refractivity contribution is 0.0384. The molecule has 0 saturated carbocycles. The molecule has 1 N–H and O–H groups in total. The van der Waals surface area contributed by atoms with Crippen molar-refractivity contribution < 1.29 is 23.4 Å². The Morgan fingerprint density at radius 1 is 1.29 bits per heavy atom. The van der Waals surface area contributed by atoms with Crippen molar-refractivity contribution in [3.05, 3.63) is 59.4 Å². The van der Waals surface area contributed by atoms with Gasteiger partial charge in [-0.05, 0) is 31.2 Å². The van der Waals surface area contributed by atoms with Crippen LogP contribution >= 0.6 is 0 Å². The first-order chi connectivity index (χ1) is 11.5. The number of nitrogens with zero attached hydrogens (tertiary/aromatic N) is 2. The zero-order chi connectivity index (χ0) is 17.3. The van der Waals surface area contributed by atoms with E-state index in [1.54, 1.807) is 31.2 Å². The number of fused-ring (bicyclic) bond motifs is 1. The number of imidazole rings is 1. The van der Waals surface area contributed by atoms with E-state index in [4.69, 9.17) is 4.74 Å². The van der Waals surface area contributed by atoms with E-state index < -0.39 is 19.1 Å². The molecule has 3 rings (SSSR count). The van der Waals surface area contributed by atoms with Crippen LogP contribution in [0.2, 0.25) is 0 Å². The lowest BCUT2D eigenvalue weighted by atomic mass is 10.1. The SMILES string of the molecule is Cc1ccc(O)c(C(=O)OCc2nc3ccccc3n2C(F)F)c1. The topological polar surface area (TPSA) is 64.3 Å². The van der Waals surface area contributed by atoms with Crippen LogP contribution in [0.15, 0.2) is 42.5 Å². The summed E-state index contributed by atoms with van der Waals surface area (Å²) in [7, 11) is 0. The summed E-state index contributed by atoms with van der Waals surface area (Å²) in [5.41, 5.74) is 1.40. The summed E-state index contributed by atoms with van der Waals surface area (Å²) in [6.07, 6.45) is 0. The number of carbonyl (C=O) groups is 1. The lowest BCUT2D eigenvalue weighted by Crippen LogP contribution is -2.11. The predicted octanol–water partition coefficient (Wildman–Crippen LogP) is 3.80. The van der Waals surface area contributed by atoms with Gasteiger partial charge in [-0.2, -0.15) is 8.78 Å². The number of phenolic OH excluding ortho intramolecular Hbond substituents is 1. The number of ether oxygens (including phenoxy) is 1. The first kappa shape index (κ1) is 15.9. The van der Waals surface area contributed by atoms with Crippen molar-refractivity contribution in [3.8, 4) is 5.75 Å². The number of esters is 1. The molecule has 0 aliphatic rings. The summed E-state index contributed by atoms with van der Waals surface area (Å²) in [5, 5.41) is 9.72. The van der Waals surface area contributed by atoms with Crippen LogP contribution in [0.5, 0.6) is 5.75 Å². The Bertz CT molecular complexity index is 906. The molecule has 0 radical (unpaired) electrons. The molecule has 3 aromatic rings. The highest BCUT2D eigenvalue weighted by molar-refractivity contribution is 5.92. The first-order valence-electron chi connectivity index (χ1n) is 7.18. The Morgan fingerprint density at radius 2 is 2.04 bits per heavy atom. The average molecular weight is 332 g/mol. The molecule has 24 heavy (non-hydrogen) atoms. The quantitative estimate of drug-likeness (QED) is 0.738. The third-order valence-electron chi connectivity index (χ3n) is 3.57. The number of halogens is 2. The van der Waals surface area contributed by atoms with Crippen LogP contribution in [0.4, 0.5) is 8.78 Å². The van der Waals surface area contributed by atoms with Crippen LogP contribution in [0, 0.1) is 6.92 Å². The molecular weight excluding hydrogens is 318 g/mol. The maximum Gasteiger partial charge on any atom is 0.342 e. The Balaban J connectivity index is 1.86. The fourth-order valence-electron chi connectivity index (χ4n) is 2.44. The fourth-order valence-corrected chi connectivity index (χ4v) is 2.44. The van der Waals surface area contributed by atoms with Crippen molar-refractivity contribution in [3.63, 3.8) is 0 Å². The normalized spacial score (nSPS) is 11.2. The van der Waals surface area contributed by atoms with Crippen LogP contribution in [0.25, 0.3) is 11.0 Å². The van der Waals surface area contributed by atoms with Gasteiger partial charge in [-0.15, -0.1) is 0 Å². The van der Waals surface area contributed by atoms with Crippen LogP contribution in [-0.2, 0) is 11.3 Å². The van der Waals surface area contributed by atoms with Gasteiger partial charge in [0.2, 0.25) is 0 Å². The number of hydrogen-bond donors (Lipinski definition) is 1. The van der Waals surface area contributed by atoms with Gasteiger partial charge in [0.15, 0.2) is 5.82 Å². The van der Waals surface area contributed by atoms with E-state index in [1.165, 1.54) is 18.2 Å². The Kier molecular flexibility index (Phi) is 4.16. The third kappa shape index (κ3) is 2.92. The number of aromatic nitrogens is 2. The highest BCUT2D eigenvalue weighted by Crippen LogP contribution is 2.24. The largest absolute Gasteiger partial charge is 0.507 e. The van der Waals surface area contributed by atoms with Crippen LogP contribution in [0.3, 0.4) is 0 Å².